The van der Waals surface area contributed by atoms with E-state index in [0.29, 0.717) is 11.3 Å². The number of fused-ring (bicyclic) bond motifs is 1. The normalized spacial score (nSPS) is 13.2. The van der Waals surface area contributed by atoms with Crippen LogP contribution in [0.15, 0.2) is 16.5 Å². The third kappa shape index (κ3) is 2.43. The van der Waals surface area contributed by atoms with Gasteiger partial charge in [-0.2, -0.15) is 13.2 Å². The lowest BCUT2D eigenvalue weighted by atomic mass is 9.87. The molecule has 0 radical (unpaired) electrons. The summed E-state index contributed by atoms with van der Waals surface area (Å²) in [5.41, 5.74) is 2.14. The van der Waals surface area contributed by atoms with Gasteiger partial charge in [-0.15, -0.1) is 0 Å². The Morgan fingerprint density at radius 2 is 1.60 bits per heavy atom. The maximum absolute atomic E-state index is 12.9. The van der Waals surface area contributed by atoms with Crippen LogP contribution in [0.1, 0.15) is 36.3 Å². The van der Waals surface area contributed by atoms with Crippen LogP contribution in [0, 0.1) is 26.2 Å². The van der Waals surface area contributed by atoms with Crippen molar-refractivity contribution in [2.75, 3.05) is 0 Å². The minimum Gasteiger partial charge on any atom is -0.461 e. The molecule has 2 rings (SSSR count). The van der Waals surface area contributed by atoms with Crippen molar-refractivity contribution in [1.29, 1.82) is 0 Å². The molecular formula is C16H19F3O. The number of alkyl halides is 3. The zero-order valence-corrected chi connectivity index (χ0v) is 12.4. The highest BCUT2D eigenvalue weighted by Crippen LogP contribution is 2.41. The summed E-state index contributed by atoms with van der Waals surface area (Å²) in [4.78, 5) is 0. The molecule has 4 heteroatoms. The Morgan fingerprint density at radius 3 is 2.15 bits per heavy atom. The molecule has 0 aliphatic carbocycles. The van der Waals surface area contributed by atoms with Crippen LogP contribution in [0.3, 0.4) is 0 Å². The molecule has 0 saturated carbocycles. The summed E-state index contributed by atoms with van der Waals surface area (Å²) in [6.07, 6.45) is -4.39. The van der Waals surface area contributed by atoms with Crippen LogP contribution in [-0.4, -0.2) is 6.18 Å². The summed E-state index contributed by atoms with van der Waals surface area (Å²) >= 11 is 0. The molecule has 1 nitrogen and oxygen atoms in total. The van der Waals surface area contributed by atoms with Crippen LogP contribution >= 0.6 is 0 Å². The summed E-state index contributed by atoms with van der Waals surface area (Å²) in [5.74, 6) is 0.385. The molecule has 0 bridgehead atoms. The Balaban J connectivity index is 2.46. The van der Waals surface area contributed by atoms with Crippen molar-refractivity contribution in [3.63, 3.8) is 0 Å². The average molecular weight is 284 g/mol. The number of benzene rings is 1. The number of furan rings is 1. The first-order valence-electron chi connectivity index (χ1n) is 6.59. The molecule has 2 aromatic rings. The molecule has 0 atom stereocenters. The highest BCUT2D eigenvalue weighted by Gasteiger charge is 2.47. The SMILES string of the molecule is Cc1cc2cc(CC(C)(C)C(F)(F)F)oc2c(C)c1C. The van der Waals surface area contributed by atoms with E-state index in [1.165, 1.54) is 13.8 Å². The van der Waals surface area contributed by atoms with E-state index in [-0.39, 0.29) is 6.42 Å². The smallest absolute Gasteiger partial charge is 0.394 e. The summed E-state index contributed by atoms with van der Waals surface area (Å²) in [6.45, 7) is 8.32. The molecule has 0 aliphatic heterocycles. The number of hydrogen-bond acceptors (Lipinski definition) is 1. The maximum Gasteiger partial charge on any atom is 0.394 e. The summed E-state index contributed by atoms with van der Waals surface area (Å²) in [6, 6.07) is 3.69. The van der Waals surface area contributed by atoms with Crippen molar-refractivity contribution in [2.24, 2.45) is 5.41 Å². The second-order valence-electron chi connectivity index (χ2n) is 6.13. The summed E-state index contributed by atoms with van der Waals surface area (Å²) in [5, 5.41) is 0.874. The van der Waals surface area contributed by atoms with E-state index in [0.717, 1.165) is 22.1 Å². The highest BCUT2D eigenvalue weighted by atomic mass is 19.4. The molecule has 1 aromatic carbocycles. The summed E-state index contributed by atoms with van der Waals surface area (Å²) in [7, 11) is 0. The summed E-state index contributed by atoms with van der Waals surface area (Å²) < 4.78 is 44.5. The third-order valence-corrected chi connectivity index (χ3v) is 4.06. The van der Waals surface area contributed by atoms with Crippen LogP contribution < -0.4 is 0 Å². The molecule has 0 N–H and O–H groups in total. The fourth-order valence-corrected chi connectivity index (χ4v) is 2.29. The van der Waals surface area contributed by atoms with Gasteiger partial charge >= 0.3 is 6.18 Å². The Bertz CT molecular complexity index is 648. The van der Waals surface area contributed by atoms with E-state index < -0.39 is 11.6 Å². The maximum atomic E-state index is 12.9. The first-order chi connectivity index (χ1) is 9.03. The van der Waals surface area contributed by atoms with Gasteiger partial charge in [0.25, 0.3) is 0 Å². The van der Waals surface area contributed by atoms with Crippen LogP contribution in [-0.2, 0) is 6.42 Å². The van der Waals surface area contributed by atoms with Crippen LogP contribution in [0.25, 0.3) is 11.0 Å². The zero-order chi connectivity index (χ0) is 15.3. The second kappa shape index (κ2) is 4.54. The fraction of sp³-hybridized carbons (Fsp3) is 0.500. The molecule has 0 fully saturated rings. The number of rotatable bonds is 2. The lowest BCUT2D eigenvalue weighted by molar-refractivity contribution is -0.211. The first-order valence-corrected chi connectivity index (χ1v) is 6.59. The molecular weight excluding hydrogens is 265 g/mol. The molecule has 110 valence electrons. The Morgan fingerprint density at radius 1 is 1.00 bits per heavy atom. The Labute approximate surface area is 116 Å². The van der Waals surface area contributed by atoms with Gasteiger partial charge in [0.15, 0.2) is 0 Å². The fourth-order valence-electron chi connectivity index (χ4n) is 2.29. The number of aryl methyl sites for hydroxylation is 2. The van der Waals surface area contributed by atoms with Gasteiger partial charge in [-0.25, -0.2) is 0 Å². The number of hydrogen-bond donors (Lipinski definition) is 0. The third-order valence-electron chi connectivity index (χ3n) is 4.06. The first kappa shape index (κ1) is 14.9. The largest absolute Gasteiger partial charge is 0.461 e. The lowest BCUT2D eigenvalue weighted by Crippen LogP contribution is -2.33. The molecule has 0 aliphatic rings. The van der Waals surface area contributed by atoms with E-state index in [4.69, 9.17) is 4.42 Å². The molecule has 0 spiro atoms. The van der Waals surface area contributed by atoms with Crippen LogP contribution in [0.4, 0.5) is 13.2 Å². The number of halogens is 3. The quantitative estimate of drug-likeness (QED) is 0.710. The lowest BCUT2D eigenvalue weighted by Gasteiger charge is -2.26. The van der Waals surface area contributed by atoms with Crippen molar-refractivity contribution in [3.8, 4) is 0 Å². The topological polar surface area (TPSA) is 13.1 Å². The van der Waals surface area contributed by atoms with Crippen LogP contribution in [0.2, 0.25) is 0 Å². The second-order valence-corrected chi connectivity index (χ2v) is 6.13. The van der Waals surface area contributed by atoms with E-state index >= 15 is 0 Å². The molecule has 0 saturated heterocycles. The zero-order valence-electron chi connectivity index (χ0n) is 12.4. The highest BCUT2D eigenvalue weighted by molar-refractivity contribution is 5.83. The molecule has 0 unspecified atom stereocenters. The average Bonchev–Trinajstić information content (AvgIpc) is 2.66. The van der Waals surface area contributed by atoms with Gasteiger partial charge in [-0.1, -0.05) is 13.8 Å². The van der Waals surface area contributed by atoms with Gasteiger partial charge < -0.3 is 4.42 Å². The molecule has 0 amide bonds. The van der Waals surface area contributed by atoms with Crippen molar-refractivity contribution in [2.45, 2.75) is 47.2 Å². The monoisotopic (exact) mass is 284 g/mol. The van der Waals surface area contributed by atoms with E-state index in [9.17, 15) is 13.2 Å². The minimum atomic E-state index is -4.24. The van der Waals surface area contributed by atoms with Gasteiger partial charge in [0.05, 0.1) is 5.41 Å². The van der Waals surface area contributed by atoms with Gasteiger partial charge in [0.2, 0.25) is 0 Å². The van der Waals surface area contributed by atoms with E-state index in [1.54, 1.807) is 6.07 Å². The minimum absolute atomic E-state index is 0.150. The van der Waals surface area contributed by atoms with Crippen molar-refractivity contribution >= 4 is 11.0 Å². The van der Waals surface area contributed by atoms with Crippen molar-refractivity contribution in [3.05, 3.63) is 34.6 Å². The van der Waals surface area contributed by atoms with E-state index in [2.05, 4.69) is 0 Å². The van der Waals surface area contributed by atoms with Crippen molar-refractivity contribution in [1.82, 2.24) is 0 Å². The van der Waals surface area contributed by atoms with Crippen LogP contribution in [0.5, 0.6) is 0 Å². The van der Waals surface area contributed by atoms with E-state index in [1.807, 2.05) is 26.8 Å². The predicted molar refractivity (Wildman–Crippen MR) is 74.0 cm³/mol. The van der Waals surface area contributed by atoms with Crippen molar-refractivity contribution < 1.29 is 17.6 Å². The predicted octanol–water partition coefficient (Wildman–Crippen LogP) is 5.49. The van der Waals surface area contributed by atoms with Gasteiger partial charge in [-0.05, 0) is 49.6 Å². The Hall–Kier alpha value is -1.45. The molecule has 1 heterocycles. The van der Waals surface area contributed by atoms with Gasteiger partial charge in [0, 0.05) is 11.8 Å². The molecule has 1 aromatic heterocycles. The Kier molecular flexibility index (Phi) is 3.39. The molecule has 20 heavy (non-hydrogen) atoms. The van der Waals surface area contributed by atoms with Gasteiger partial charge in [-0.3, -0.25) is 0 Å². The standard InChI is InChI=1S/C16H19F3O/c1-9-6-12-7-13(8-15(4,5)16(17,18)19)20-14(12)11(3)10(9)2/h6-7H,8H2,1-5H3. The van der Waals surface area contributed by atoms with Gasteiger partial charge in [0.1, 0.15) is 11.3 Å².